The summed E-state index contributed by atoms with van der Waals surface area (Å²) in [6, 6.07) is 18.9. The summed E-state index contributed by atoms with van der Waals surface area (Å²) in [5.41, 5.74) is 1.89. The van der Waals surface area contributed by atoms with E-state index in [1.165, 1.54) is 16.2 Å². The second-order valence-corrected chi connectivity index (χ2v) is 9.47. The van der Waals surface area contributed by atoms with Crippen molar-refractivity contribution < 1.29 is 13.9 Å². The zero-order valence-corrected chi connectivity index (χ0v) is 19.8. The van der Waals surface area contributed by atoms with Crippen molar-refractivity contribution in [1.29, 1.82) is 0 Å². The molecule has 172 valence electrons. The Hall–Kier alpha value is -3.94. The number of rotatable bonds is 5. The molecule has 3 heterocycles. The SMILES string of the molecule is C=CCOc1ccc([C@@H]2c3c(oc4ccccc4c3=O)C(=O)N2c2nc3ccc(Cl)cc3s2)cc1. The third-order valence-electron chi connectivity index (χ3n) is 5.89. The minimum atomic E-state index is -0.706. The molecular weight excluding hydrogens is 484 g/mol. The molecule has 0 spiro atoms. The third-order valence-corrected chi connectivity index (χ3v) is 7.14. The van der Waals surface area contributed by atoms with E-state index in [4.69, 9.17) is 20.8 Å². The fourth-order valence-corrected chi connectivity index (χ4v) is 5.59. The summed E-state index contributed by atoms with van der Waals surface area (Å²) in [5.74, 6) is 0.276. The average molecular weight is 501 g/mol. The predicted molar refractivity (Wildman–Crippen MR) is 138 cm³/mol. The van der Waals surface area contributed by atoms with Crippen molar-refractivity contribution in [1.82, 2.24) is 4.98 Å². The highest BCUT2D eigenvalue weighted by Gasteiger charge is 2.45. The van der Waals surface area contributed by atoms with Gasteiger partial charge in [0.15, 0.2) is 10.6 Å². The van der Waals surface area contributed by atoms with Crippen LogP contribution in [0, 0.1) is 0 Å². The molecule has 5 aromatic rings. The summed E-state index contributed by atoms with van der Waals surface area (Å²) in [6.07, 6.45) is 1.66. The van der Waals surface area contributed by atoms with Crippen LogP contribution in [0.15, 0.2) is 88.6 Å². The van der Waals surface area contributed by atoms with Gasteiger partial charge in [-0.15, -0.1) is 0 Å². The third kappa shape index (κ3) is 3.51. The number of hydrogen-bond donors (Lipinski definition) is 0. The van der Waals surface area contributed by atoms with Crippen LogP contribution in [-0.2, 0) is 0 Å². The van der Waals surface area contributed by atoms with Crippen molar-refractivity contribution in [3.63, 3.8) is 0 Å². The molecule has 8 heteroatoms. The van der Waals surface area contributed by atoms with Gasteiger partial charge in [0.05, 0.1) is 27.2 Å². The first-order valence-corrected chi connectivity index (χ1v) is 12.0. The van der Waals surface area contributed by atoms with Gasteiger partial charge in [-0.05, 0) is 48.0 Å². The molecule has 1 aliphatic heterocycles. The van der Waals surface area contributed by atoms with Gasteiger partial charge >= 0.3 is 0 Å². The van der Waals surface area contributed by atoms with Crippen molar-refractivity contribution in [2.75, 3.05) is 11.5 Å². The molecule has 3 aromatic carbocycles. The van der Waals surface area contributed by atoms with Crippen molar-refractivity contribution >= 4 is 55.2 Å². The normalized spacial score (nSPS) is 15.1. The largest absolute Gasteiger partial charge is 0.490 e. The Labute approximate surface area is 208 Å². The van der Waals surface area contributed by atoms with Crippen molar-refractivity contribution in [2.24, 2.45) is 0 Å². The van der Waals surface area contributed by atoms with Crippen LogP contribution >= 0.6 is 22.9 Å². The number of carbonyl (C=O) groups excluding carboxylic acids is 1. The van der Waals surface area contributed by atoms with E-state index < -0.39 is 11.9 Å². The molecule has 0 saturated heterocycles. The summed E-state index contributed by atoms with van der Waals surface area (Å²) in [5, 5.41) is 1.46. The lowest BCUT2D eigenvalue weighted by molar-refractivity contribution is 0.0971. The maximum absolute atomic E-state index is 13.7. The van der Waals surface area contributed by atoms with Crippen LogP contribution < -0.4 is 15.1 Å². The number of thiazole rings is 1. The van der Waals surface area contributed by atoms with Crippen LogP contribution in [0.25, 0.3) is 21.2 Å². The van der Waals surface area contributed by atoms with Gasteiger partial charge in [-0.3, -0.25) is 14.5 Å². The second-order valence-electron chi connectivity index (χ2n) is 8.03. The Morgan fingerprint density at radius 2 is 1.91 bits per heavy atom. The maximum atomic E-state index is 13.7. The first-order chi connectivity index (χ1) is 17.0. The quantitative estimate of drug-likeness (QED) is 0.262. The van der Waals surface area contributed by atoms with Crippen LogP contribution in [0.4, 0.5) is 5.13 Å². The number of carbonyl (C=O) groups is 1. The van der Waals surface area contributed by atoms with Gasteiger partial charge in [-0.25, -0.2) is 4.98 Å². The number of fused-ring (bicyclic) bond motifs is 3. The highest BCUT2D eigenvalue weighted by atomic mass is 35.5. The van der Waals surface area contributed by atoms with Gasteiger partial charge in [-0.1, -0.05) is 59.9 Å². The Morgan fingerprint density at radius 3 is 2.71 bits per heavy atom. The number of amides is 1. The van der Waals surface area contributed by atoms with Crippen LogP contribution in [-0.4, -0.2) is 17.5 Å². The van der Waals surface area contributed by atoms with E-state index >= 15 is 0 Å². The second kappa shape index (κ2) is 8.37. The molecule has 1 aliphatic rings. The molecule has 35 heavy (non-hydrogen) atoms. The fraction of sp³-hybridized carbons (Fsp3) is 0.0741. The summed E-state index contributed by atoms with van der Waals surface area (Å²) in [6.45, 7) is 4.04. The topological polar surface area (TPSA) is 72.6 Å². The Bertz CT molecular complexity index is 1690. The number of hydrogen-bond acceptors (Lipinski definition) is 6. The van der Waals surface area contributed by atoms with Crippen LogP contribution in [0.1, 0.15) is 27.7 Å². The Kier molecular flexibility index (Phi) is 5.16. The molecule has 0 unspecified atom stereocenters. The lowest BCUT2D eigenvalue weighted by Gasteiger charge is -2.22. The van der Waals surface area contributed by atoms with Crippen LogP contribution in [0.5, 0.6) is 5.75 Å². The lowest BCUT2D eigenvalue weighted by atomic mass is 9.98. The van der Waals surface area contributed by atoms with E-state index in [0.29, 0.717) is 39.0 Å². The maximum Gasteiger partial charge on any atom is 0.297 e. The molecule has 6 nitrogen and oxygen atoms in total. The lowest BCUT2D eigenvalue weighted by Crippen LogP contribution is -2.29. The molecule has 0 fully saturated rings. The molecule has 0 bridgehead atoms. The monoisotopic (exact) mass is 500 g/mol. The van der Waals surface area contributed by atoms with Gasteiger partial charge < -0.3 is 9.15 Å². The van der Waals surface area contributed by atoms with Crippen molar-refractivity contribution in [3.05, 3.63) is 112 Å². The number of ether oxygens (including phenoxy) is 1. The zero-order chi connectivity index (χ0) is 24.1. The van der Waals surface area contributed by atoms with Gasteiger partial charge in [0.2, 0.25) is 5.76 Å². The summed E-state index contributed by atoms with van der Waals surface area (Å²) in [7, 11) is 0. The highest BCUT2D eigenvalue weighted by Crippen LogP contribution is 2.44. The van der Waals surface area contributed by atoms with E-state index in [2.05, 4.69) is 11.6 Å². The van der Waals surface area contributed by atoms with Crippen LogP contribution in [0.3, 0.4) is 0 Å². The summed E-state index contributed by atoms with van der Waals surface area (Å²) >= 11 is 7.51. The molecular formula is C27H17ClN2O4S. The predicted octanol–water partition coefficient (Wildman–Crippen LogP) is 6.37. The fourth-order valence-electron chi connectivity index (χ4n) is 4.32. The van der Waals surface area contributed by atoms with Gasteiger partial charge in [-0.2, -0.15) is 0 Å². The molecule has 0 N–H and O–H groups in total. The van der Waals surface area contributed by atoms with Gasteiger partial charge in [0.25, 0.3) is 5.91 Å². The minimum Gasteiger partial charge on any atom is -0.490 e. The zero-order valence-electron chi connectivity index (χ0n) is 18.2. The molecule has 0 aliphatic carbocycles. The first-order valence-electron chi connectivity index (χ1n) is 10.8. The number of benzene rings is 3. The Morgan fingerprint density at radius 1 is 1.11 bits per heavy atom. The molecule has 0 radical (unpaired) electrons. The minimum absolute atomic E-state index is 0.0305. The molecule has 2 aromatic heterocycles. The van der Waals surface area contributed by atoms with E-state index in [9.17, 15) is 9.59 Å². The molecule has 0 saturated carbocycles. The van der Waals surface area contributed by atoms with E-state index in [0.717, 1.165) is 15.8 Å². The molecule has 6 rings (SSSR count). The number of para-hydroxylation sites is 1. The standard InChI is InChI=1S/C27H17ClN2O4S/c1-2-13-33-17-10-7-15(8-11-17)23-22-24(31)18-5-3-4-6-20(18)34-25(22)26(32)30(23)27-29-19-12-9-16(28)14-21(19)35-27/h2-12,14,23H,1,13H2/t23-/m1/s1. The first kappa shape index (κ1) is 21.6. The van der Waals surface area contributed by atoms with Crippen molar-refractivity contribution in [2.45, 2.75) is 6.04 Å². The molecule has 1 atom stereocenters. The highest BCUT2D eigenvalue weighted by molar-refractivity contribution is 7.22. The number of anilines is 1. The van der Waals surface area contributed by atoms with Crippen LogP contribution in [0.2, 0.25) is 5.02 Å². The van der Waals surface area contributed by atoms with E-state index in [1.54, 1.807) is 48.5 Å². The number of aromatic nitrogens is 1. The van der Waals surface area contributed by atoms with Crippen molar-refractivity contribution in [3.8, 4) is 5.75 Å². The number of halogens is 1. The summed E-state index contributed by atoms with van der Waals surface area (Å²) < 4.78 is 12.4. The average Bonchev–Trinajstić information content (AvgIpc) is 3.41. The smallest absolute Gasteiger partial charge is 0.297 e. The van der Waals surface area contributed by atoms with Gasteiger partial charge in [0, 0.05) is 5.02 Å². The Balaban J connectivity index is 1.56. The van der Waals surface area contributed by atoms with E-state index in [1.807, 2.05) is 24.3 Å². The number of nitrogens with zero attached hydrogens (tertiary/aromatic N) is 2. The van der Waals surface area contributed by atoms with E-state index in [-0.39, 0.29) is 11.2 Å². The van der Waals surface area contributed by atoms with Gasteiger partial charge in [0.1, 0.15) is 17.9 Å². The molecule has 1 amide bonds. The summed E-state index contributed by atoms with van der Waals surface area (Å²) in [4.78, 5) is 33.6.